The number of hydrogen-bond donors (Lipinski definition) is 4. The van der Waals surface area contributed by atoms with Gasteiger partial charge in [-0.3, -0.25) is 5.41 Å². The van der Waals surface area contributed by atoms with Crippen LogP contribution in [0.5, 0.6) is 0 Å². The molecule has 1 rings (SSSR count). The monoisotopic (exact) mass is 307 g/mol. The molecule has 5 atom stereocenters. The number of ether oxygens (including phenoxy) is 2. The number of rotatable bonds is 1. The van der Waals surface area contributed by atoms with Crippen LogP contribution < -0.4 is 0 Å². The van der Waals surface area contributed by atoms with Crippen LogP contribution in [-0.4, -0.2) is 55.7 Å². The normalized spacial score (nSPS) is 38.9. The molecule has 0 spiro atoms. The van der Waals surface area contributed by atoms with E-state index in [0.717, 1.165) is 0 Å². The van der Waals surface area contributed by atoms with E-state index in [1.54, 1.807) is 0 Å². The van der Waals surface area contributed by atoms with E-state index in [4.69, 9.17) is 49.7 Å². The molecule has 0 saturated carbocycles. The first-order chi connectivity index (χ1) is 7.64. The molecule has 0 radical (unpaired) electrons. The molecule has 17 heavy (non-hydrogen) atoms. The Morgan fingerprint density at radius 3 is 2.18 bits per heavy atom. The van der Waals surface area contributed by atoms with E-state index in [9.17, 15) is 15.3 Å². The third kappa shape index (κ3) is 3.57. The van der Waals surface area contributed by atoms with Gasteiger partial charge in [0.25, 0.3) is 3.79 Å². The number of aliphatic hydroxyl groups excluding tert-OH is 3. The van der Waals surface area contributed by atoms with Crippen molar-refractivity contribution >= 4 is 40.7 Å². The molecule has 1 aliphatic heterocycles. The lowest BCUT2D eigenvalue weighted by Crippen LogP contribution is -2.58. The Kier molecular flexibility index (Phi) is 4.88. The SMILES string of the molecule is C[C@H]1OC(OC(=N)C(Cl)(Cl)Cl)[C@@H](O)[C@@H](O)[C@@H]1O. The van der Waals surface area contributed by atoms with Crippen molar-refractivity contribution in [1.82, 2.24) is 0 Å². The standard InChI is InChI=1S/C8H12Cl3NO5/c1-2-3(13)4(14)5(15)6(16-2)17-7(12)8(9,10)11/h2-6,12-15H,1H3/t2-,3-,4+,5+,6?/m1/s1. The Bertz CT molecular complexity index is 297. The zero-order chi connectivity index (χ0) is 13.4. The molecule has 1 saturated heterocycles. The molecule has 9 heteroatoms. The first-order valence-electron chi connectivity index (χ1n) is 4.66. The van der Waals surface area contributed by atoms with E-state index in [0.29, 0.717) is 0 Å². The molecule has 100 valence electrons. The number of aliphatic hydroxyl groups is 3. The van der Waals surface area contributed by atoms with Crippen LogP contribution in [-0.2, 0) is 9.47 Å². The second-order valence-corrected chi connectivity index (χ2v) is 5.91. The zero-order valence-electron chi connectivity index (χ0n) is 8.68. The summed E-state index contributed by atoms with van der Waals surface area (Å²) in [5.41, 5.74) is 0. The third-order valence-corrected chi connectivity index (χ3v) is 2.81. The summed E-state index contributed by atoms with van der Waals surface area (Å²) in [4.78, 5) is 0. The topological polar surface area (TPSA) is 103 Å². The average Bonchev–Trinajstić information content (AvgIpc) is 2.21. The maximum Gasteiger partial charge on any atom is 0.265 e. The largest absolute Gasteiger partial charge is 0.445 e. The lowest BCUT2D eigenvalue weighted by atomic mass is 10.0. The predicted molar refractivity (Wildman–Crippen MR) is 61.5 cm³/mol. The van der Waals surface area contributed by atoms with Crippen LogP contribution in [0.2, 0.25) is 0 Å². The van der Waals surface area contributed by atoms with Gasteiger partial charge in [-0.25, -0.2) is 0 Å². The van der Waals surface area contributed by atoms with Crippen molar-refractivity contribution in [3.63, 3.8) is 0 Å². The highest BCUT2D eigenvalue weighted by Gasteiger charge is 2.44. The molecule has 1 fully saturated rings. The van der Waals surface area contributed by atoms with Gasteiger partial charge in [0.2, 0.25) is 12.2 Å². The molecule has 0 aromatic rings. The van der Waals surface area contributed by atoms with Crippen molar-refractivity contribution in [2.45, 2.75) is 41.4 Å². The molecular weight excluding hydrogens is 296 g/mol. The number of alkyl halides is 3. The van der Waals surface area contributed by atoms with Gasteiger partial charge in [0.15, 0.2) is 0 Å². The molecular formula is C8H12Cl3NO5. The summed E-state index contributed by atoms with van der Waals surface area (Å²) < 4.78 is 7.76. The van der Waals surface area contributed by atoms with Gasteiger partial charge < -0.3 is 24.8 Å². The third-order valence-electron chi connectivity index (χ3n) is 2.30. The van der Waals surface area contributed by atoms with E-state index in [2.05, 4.69) is 0 Å². The van der Waals surface area contributed by atoms with E-state index < -0.39 is 40.4 Å². The summed E-state index contributed by atoms with van der Waals surface area (Å²) in [6.45, 7) is 1.47. The number of hydrogen-bond acceptors (Lipinski definition) is 6. The minimum Gasteiger partial charge on any atom is -0.445 e. The molecule has 0 aromatic heterocycles. The van der Waals surface area contributed by atoms with Crippen LogP contribution in [0.4, 0.5) is 0 Å². The molecule has 1 aliphatic rings. The number of nitrogens with one attached hydrogen (secondary N) is 1. The van der Waals surface area contributed by atoms with Crippen molar-refractivity contribution in [3.05, 3.63) is 0 Å². The Hall–Kier alpha value is 0.180. The summed E-state index contributed by atoms with van der Waals surface area (Å²) in [5, 5.41) is 35.7. The summed E-state index contributed by atoms with van der Waals surface area (Å²) >= 11 is 16.2. The Balaban J connectivity index is 2.69. The maximum absolute atomic E-state index is 9.55. The van der Waals surface area contributed by atoms with Crippen molar-refractivity contribution in [1.29, 1.82) is 5.41 Å². The van der Waals surface area contributed by atoms with E-state index in [1.807, 2.05) is 0 Å². The molecule has 0 bridgehead atoms. The van der Waals surface area contributed by atoms with Gasteiger partial charge in [0, 0.05) is 0 Å². The van der Waals surface area contributed by atoms with Crippen LogP contribution in [0.3, 0.4) is 0 Å². The minimum absolute atomic E-state index is 0.748. The van der Waals surface area contributed by atoms with E-state index >= 15 is 0 Å². The summed E-state index contributed by atoms with van der Waals surface area (Å²) in [5.74, 6) is -0.748. The van der Waals surface area contributed by atoms with Gasteiger partial charge >= 0.3 is 0 Å². The molecule has 0 aromatic carbocycles. The molecule has 1 unspecified atom stereocenters. The van der Waals surface area contributed by atoms with Crippen LogP contribution >= 0.6 is 34.8 Å². The van der Waals surface area contributed by atoms with Gasteiger partial charge in [0.1, 0.15) is 18.3 Å². The molecule has 0 amide bonds. The average molecular weight is 309 g/mol. The lowest BCUT2D eigenvalue weighted by molar-refractivity contribution is -0.272. The quantitative estimate of drug-likeness (QED) is 0.314. The van der Waals surface area contributed by atoms with Crippen molar-refractivity contribution in [2.24, 2.45) is 0 Å². The summed E-state index contributed by atoms with van der Waals surface area (Å²) in [7, 11) is 0. The van der Waals surface area contributed by atoms with Gasteiger partial charge in [-0.05, 0) is 6.92 Å². The second-order valence-electron chi connectivity index (χ2n) is 3.63. The van der Waals surface area contributed by atoms with Crippen molar-refractivity contribution in [3.8, 4) is 0 Å². The van der Waals surface area contributed by atoms with Crippen molar-refractivity contribution < 1.29 is 24.8 Å². The zero-order valence-corrected chi connectivity index (χ0v) is 10.9. The van der Waals surface area contributed by atoms with Crippen LogP contribution in [0.1, 0.15) is 6.92 Å². The van der Waals surface area contributed by atoms with Crippen molar-refractivity contribution in [2.75, 3.05) is 0 Å². The van der Waals surface area contributed by atoms with E-state index in [1.165, 1.54) is 6.92 Å². The Labute approximate surface area is 112 Å². The predicted octanol–water partition coefficient (Wildman–Crippen LogP) is 0.178. The molecule has 6 nitrogen and oxygen atoms in total. The fourth-order valence-electron chi connectivity index (χ4n) is 1.29. The lowest BCUT2D eigenvalue weighted by Gasteiger charge is -2.39. The van der Waals surface area contributed by atoms with Crippen LogP contribution in [0, 0.1) is 5.41 Å². The summed E-state index contributed by atoms with van der Waals surface area (Å²) in [6, 6.07) is 0. The first-order valence-corrected chi connectivity index (χ1v) is 5.80. The van der Waals surface area contributed by atoms with Crippen LogP contribution in [0.15, 0.2) is 0 Å². The molecule has 1 heterocycles. The first kappa shape index (κ1) is 15.2. The fraction of sp³-hybridized carbons (Fsp3) is 0.875. The van der Waals surface area contributed by atoms with Gasteiger partial charge in [-0.1, -0.05) is 34.8 Å². The minimum atomic E-state index is -2.09. The second kappa shape index (κ2) is 5.44. The van der Waals surface area contributed by atoms with Gasteiger partial charge in [-0.15, -0.1) is 0 Å². The Morgan fingerprint density at radius 2 is 1.71 bits per heavy atom. The highest BCUT2D eigenvalue weighted by atomic mass is 35.6. The highest BCUT2D eigenvalue weighted by molar-refractivity contribution is 6.76. The van der Waals surface area contributed by atoms with Gasteiger partial charge in [-0.2, -0.15) is 0 Å². The van der Waals surface area contributed by atoms with E-state index in [-0.39, 0.29) is 0 Å². The smallest absolute Gasteiger partial charge is 0.265 e. The summed E-state index contributed by atoms with van der Waals surface area (Å²) in [6.07, 6.45) is -6.44. The Morgan fingerprint density at radius 1 is 1.18 bits per heavy atom. The maximum atomic E-state index is 9.55. The van der Waals surface area contributed by atoms with Gasteiger partial charge in [0.05, 0.1) is 6.10 Å². The number of halogens is 3. The fourth-order valence-corrected chi connectivity index (χ4v) is 1.43. The molecule has 4 N–H and O–H groups in total. The molecule has 0 aliphatic carbocycles. The van der Waals surface area contributed by atoms with Crippen LogP contribution in [0.25, 0.3) is 0 Å². The highest BCUT2D eigenvalue weighted by Crippen LogP contribution is 2.30.